The number of aliphatic imine (C=N–C) groups is 1. The molecule has 0 N–H and O–H groups in total. The van der Waals surface area contributed by atoms with Gasteiger partial charge in [-0.15, -0.1) is 0 Å². The number of aliphatic carboxylic acids is 1. The molecule has 1 amide bonds. The van der Waals surface area contributed by atoms with Crippen molar-refractivity contribution >= 4 is 40.6 Å². The van der Waals surface area contributed by atoms with Gasteiger partial charge in [0.1, 0.15) is 12.4 Å². The van der Waals surface area contributed by atoms with Crippen LogP contribution in [0.3, 0.4) is 0 Å². The van der Waals surface area contributed by atoms with Crippen molar-refractivity contribution in [1.29, 1.82) is 0 Å². The Bertz CT molecular complexity index is 893. The summed E-state index contributed by atoms with van der Waals surface area (Å²) < 4.78 is 5.10. The Morgan fingerprint density at radius 1 is 1.23 bits per heavy atom. The van der Waals surface area contributed by atoms with Crippen LogP contribution in [-0.4, -0.2) is 35.6 Å². The van der Waals surface area contributed by atoms with Gasteiger partial charge in [0.05, 0.1) is 16.6 Å². The maximum atomic E-state index is 12.4. The Hall–Kier alpha value is -3.06. The molecular formula is C19H15N2O4S-. The summed E-state index contributed by atoms with van der Waals surface area (Å²) in [5.41, 5.74) is 1.50. The molecule has 0 bridgehead atoms. The van der Waals surface area contributed by atoms with E-state index in [2.05, 4.69) is 4.99 Å². The fraction of sp³-hybridized carbons (Fsp3) is 0.105. The van der Waals surface area contributed by atoms with Gasteiger partial charge >= 0.3 is 0 Å². The predicted molar refractivity (Wildman–Crippen MR) is 98.8 cm³/mol. The third kappa shape index (κ3) is 4.31. The molecule has 2 aromatic carbocycles. The summed E-state index contributed by atoms with van der Waals surface area (Å²) >= 11 is 1.28. The first kappa shape index (κ1) is 17.8. The third-order valence-corrected chi connectivity index (χ3v) is 4.56. The molecule has 0 atom stereocenters. The highest BCUT2D eigenvalue weighted by atomic mass is 32.2. The Labute approximate surface area is 154 Å². The van der Waals surface area contributed by atoms with Crippen LogP contribution in [0.1, 0.15) is 5.56 Å². The molecule has 6 nitrogen and oxygen atoms in total. The second kappa shape index (κ2) is 7.88. The summed E-state index contributed by atoms with van der Waals surface area (Å²) in [4.78, 5) is 29.5. The normalized spacial score (nSPS) is 17.1. The van der Waals surface area contributed by atoms with E-state index < -0.39 is 12.6 Å². The van der Waals surface area contributed by atoms with Crippen LogP contribution < -0.4 is 9.84 Å². The number of carboxylic acids is 1. The Morgan fingerprint density at radius 3 is 2.73 bits per heavy atom. The quantitative estimate of drug-likeness (QED) is 0.756. The van der Waals surface area contributed by atoms with Gasteiger partial charge in [-0.25, -0.2) is 4.99 Å². The van der Waals surface area contributed by atoms with Crippen molar-refractivity contribution in [3.8, 4) is 5.75 Å². The van der Waals surface area contributed by atoms with Crippen molar-refractivity contribution in [2.75, 3.05) is 13.7 Å². The first-order chi connectivity index (χ1) is 12.5. The number of para-hydroxylation sites is 1. The number of likely N-dealkylation sites (N-methyl/N-ethyl adjacent to an activating group) is 1. The van der Waals surface area contributed by atoms with E-state index in [-0.39, 0.29) is 5.91 Å². The van der Waals surface area contributed by atoms with E-state index >= 15 is 0 Å². The highest BCUT2D eigenvalue weighted by molar-refractivity contribution is 8.18. The molecular weight excluding hydrogens is 352 g/mol. The highest BCUT2D eigenvalue weighted by Gasteiger charge is 2.30. The Morgan fingerprint density at radius 2 is 2.00 bits per heavy atom. The van der Waals surface area contributed by atoms with Crippen molar-refractivity contribution < 1.29 is 19.4 Å². The van der Waals surface area contributed by atoms with Gasteiger partial charge in [0.15, 0.2) is 5.17 Å². The second-order valence-electron chi connectivity index (χ2n) is 5.44. The minimum absolute atomic E-state index is 0.147. The van der Waals surface area contributed by atoms with E-state index in [1.807, 2.05) is 30.3 Å². The van der Waals surface area contributed by atoms with Gasteiger partial charge in [-0.05, 0) is 47.7 Å². The zero-order valence-electron chi connectivity index (χ0n) is 13.9. The summed E-state index contributed by atoms with van der Waals surface area (Å²) in [6.45, 7) is -0.523. The van der Waals surface area contributed by atoms with Crippen LogP contribution in [0.25, 0.3) is 6.08 Å². The van der Waals surface area contributed by atoms with Gasteiger partial charge in [0.2, 0.25) is 0 Å². The van der Waals surface area contributed by atoms with Crippen molar-refractivity contribution in [2.24, 2.45) is 4.99 Å². The van der Waals surface area contributed by atoms with Crippen molar-refractivity contribution in [3.63, 3.8) is 0 Å². The minimum atomic E-state index is -1.29. The van der Waals surface area contributed by atoms with E-state index in [1.54, 1.807) is 37.4 Å². The number of benzene rings is 2. The lowest BCUT2D eigenvalue weighted by Gasteiger charge is -2.07. The monoisotopic (exact) mass is 367 g/mol. The topological polar surface area (TPSA) is 82.0 Å². The number of amidine groups is 1. The molecule has 26 heavy (non-hydrogen) atoms. The first-order valence-electron chi connectivity index (χ1n) is 7.77. The molecule has 7 heteroatoms. The summed E-state index contributed by atoms with van der Waals surface area (Å²) in [6, 6.07) is 16.2. The Balaban J connectivity index is 1.81. The number of thioether (sulfide) groups is 1. The van der Waals surface area contributed by atoms with Crippen LogP contribution in [0.4, 0.5) is 5.69 Å². The number of rotatable bonds is 5. The minimum Gasteiger partial charge on any atom is -0.546 e. The van der Waals surface area contributed by atoms with E-state index in [0.717, 1.165) is 11.3 Å². The van der Waals surface area contributed by atoms with Crippen molar-refractivity contribution in [3.05, 3.63) is 65.1 Å². The molecule has 1 saturated heterocycles. The van der Waals surface area contributed by atoms with Crippen LogP contribution >= 0.6 is 11.8 Å². The molecule has 0 saturated carbocycles. The lowest BCUT2D eigenvalue weighted by atomic mass is 10.2. The number of amides is 1. The highest BCUT2D eigenvalue weighted by Crippen LogP contribution is 2.33. The van der Waals surface area contributed by atoms with Crippen LogP contribution in [0, 0.1) is 0 Å². The van der Waals surface area contributed by atoms with E-state index in [9.17, 15) is 14.7 Å². The maximum absolute atomic E-state index is 12.4. The lowest BCUT2D eigenvalue weighted by molar-refractivity contribution is -0.307. The predicted octanol–water partition coefficient (Wildman–Crippen LogP) is 2.05. The molecule has 1 heterocycles. The maximum Gasteiger partial charge on any atom is 0.266 e. The van der Waals surface area contributed by atoms with E-state index in [0.29, 0.717) is 15.8 Å². The second-order valence-corrected chi connectivity index (χ2v) is 6.45. The number of carboxylic acid groups (broad SMARTS) is 1. The van der Waals surface area contributed by atoms with Crippen LogP contribution in [-0.2, 0) is 9.59 Å². The standard InChI is InChI=1S/C19H16N2O4S/c1-21-18(24)16(26-19(21)20-14-7-3-2-4-8-14)11-13-6-5-9-15(10-13)25-12-17(22)23/h2-11H,12H2,1H3,(H,22,23)/p-1/b16-11+,20-19?. The number of nitrogens with zero attached hydrogens (tertiary/aromatic N) is 2. The molecule has 0 aromatic heterocycles. The van der Waals surface area contributed by atoms with Gasteiger partial charge in [0.25, 0.3) is 5.91 Å². The summed E-state index contributed by atoms with van der Waals surface area (Å²) in [6.07, 6.45) is 1.73. The summed E-state index contributed by atoms with van der Waals surface area (Å²) in [5.74, 6) is -1.05. The number of ether oxygens (including phenoxy) is 1. The molecule has 0 spiro atoms. The summed E-state index contributed by atoms with van der Waals surface area (Å²) in [5, 5.41) is 11.1. The third-order valence-electron chi connectivity index (χ3n) is 3.50. The molecule has 3 rings (SSSR count). The molecule has 0 unspecified atom stereocenters. The first-order valence-corrected chi connectivity index (χ1v) is 8.58. The number of carbonyl (C=O) groups is 2. The fourth-order valence-electron chi connectivity index (χ4n) is 2.25. The molecule has 0 radical (unpaired) electrons. The lowest BCUT2D eigenvalue weighted by Crippen LogP contribution is -2.28. The number of hydrogen-bond donors (Lipinski definition) is 0. The number of hydrogen-bond acceptors (Lipinski definition) is 6. The van der Waals surface area contributed by atoms with E-state index in [4.69, 9.17) is 4.74 Å². The smallest absolute Gasteiger partial charge is 0.266 e. The van der Waals surface area contributed by atoms with Crippen molar-refractivity contribution in [1.82, 2.24) is 4.90 Å². The van der Waals surface area contributed by atoms with Crippen LogP contribution in [0.5, 0.6) is 5.75 Å². The zero-order chi connectivity index (χ0) is 18.5. The molecule has 1 aliphatic heterocycles. The molecule has 1 aliphatic rings. The van der Waals surface area contributed by atoms with E-state index in [1.165, 1.54) is 16.7 Å². The van der Waals surface area contributed by atoms with Gasteiger partial charge in [0, 0.05) is 7.05 Å². The molecule has 0 aliphatic carbocycles. The van der Waals surface area contributed by atoms with Crippen molar-refractivity contribution in [2.45, 2.75) is 0 Å². The number of carbonyl (C=O) groups excluding carboxylic acids is 2. The molecule has 2 aromatic rings. The summed E-state index contributed by atoms with van der Waals surface area (Å²) in [7, 11) is 1.68. The SMILES string of the molecule is CN1C(=O)/C(=C\c2cccc(OCC(=O)[O-])c2)SC1=Nc1ccccc1. The van der Waals surface area contributed by atoms with Gasteiger partial charge in [-0.1, -0.05) is 30.3 Å². The average molecular weight is 367 g/mol. The zero-order valence-corrected chi connectivity index (χ0v) is 14.7. The molecule has 132 valence electrons. The van der Waals surface area contributed by atoms with Gasteiger partial charge in [-0.2, -0.15) is 0 Å². The van der Waals surface area contributed by atoms with Crippen LogP contribution in [0.15, 0.2) is 64.5 Å². The average Bonchev–Trinajstić information content (AvgIpc) is 2.89. The largest absolute Gasteiger partial charge is 0.546 e. The Kier molecular flexibility index (Phi) is 5.38. The fourth-order valence-corrected chi connectivity index (χ4v) is 3.24. The van der Waals surface area contributed by atoms with Gasteiger partial charge in [-0.3, -0.25) is 9.69 Å². The van der Waals surface area contributed by atoms with Gasteiger partial charge < -0.3 is 14.6 Å². The van der Waals surface area contributed by atoms with Crippen LogP contribution in [0.2, 0.25) is 0 Å². The molecule has 1 fully saturated rings.